The summed E-state index contributed by atoms with van der Waals surface area (Å²) in [5.74, 6) is 0.184. The fraction of sp³-hybridized carbons (Fsp3) is 0. The van der Waals surface area contributed by atoms with Crippen LogP contribution in [-0.2, 0) is 0 Å². The summed E-state index contributed by atoms with van der Waals surface area (Å²) in [6.45, 7) is 0. The number of para-hydroxylation sites is 1. The van der Waals surface area contributed by atoms with Gasteiger partial charge in [-0.3, -0.25) is 4.79 Å². The second kappa shape index (κ2) is 7.31. The molecular formula is C24H14BrNO4. The summed E-state index contributed by atoms with van der Waals surface area (Å²) in [5, 5.41) is 1.00. The Morgan fingerprint density at radius 2 is 1.83 bits per heavy atom. The van der Waals surface area contributed by atoms with Gasteiger partial charge in [0.25, 0.3) is 0 Å². The first-order valence-corrected chi connectivity index (χ1v) is 10.0. The molecule has 0 saturated heterocycles. The number of hydrogen-bond donors (Lipinski definition) is 1. The fourth-order valence-corrected chi connectivity index (χ4v) is 3.82. The van der Waals surface area contributed by atoms with Gasteiger partial charge in [0.2, 0.25) is 5.78 Å². The van der Waals surface area contributed by atoms with Crippen LogP contribution in [0.5, 0.6) is 11.5 Å². The summed E-state index contributed by atoms with van der Waals surface area (Å²) in [5.41, 5.74) is 2.69. The lowest BCUT2D eigenvalue weighted by atomic mass is 10.1. The third-order valence-corrected chi connectivity index (χ3v) is 5.55. The van der Waals surface area contributed by atoms with Crippen molar-refractivity contribution in [3.63, 3.8) is 0 Å². The summed E-state index contributed by atoms with van der Waals surface area (Å²) in [6, 6.07) is 19.6. The Bertz CT molecular complexity index is 1350. The van der Waals surface area contributed by atoms with E-state index in [-0.39, 0.29) is 11.5 Å². The van der Waals surface area contributed by atoms with Gasteiger partial charge in [-0.2, -0.15) is 0 Å². The summed E-state index contributed by atoms with van der Waals surface area (Å²) in [7, 11) is 0. The average Bonchev–Trinajstić information content (AvgIpc) is 3.29. The molecule has 0 unspecified atom stereocenters. The zero-order valence-corrected chi connectivity index (χ0v) is 17.1. The Balaban J connectivity index is 1.42. The van der Waals surface area contributed by atoms with Gasteiger partial charge in [-0.15, -0.1) is 0 Å². The maximum Gasteiger partial charge on any atom is 0.344 e. The molecule has 0 bridgehead atoms. The van der Waals surface area contributed by atoms with Crippen LogP contribution in [0.4, 0.5) is 0 Å². The van der Waals surface area contributed by atoms with Gasteiger partial charge >= 0.3 is 5.97 Å². The van der Waals surface area contributed by atoms with Crippen molar-refractivity contribution in [2.24, 2.45) is 0 Å². The highest BCUT2D eigenvalue weighted by Crippen LogP contribution is 2.36. The molecule has 0 atom stereocenters. The molecule has 0 amide bonds. The number of carbonyl (C=O) groups is 2. The number of allylic oxidation sites excluding steroid dienone is 1. The summed E-state index contributed by atoms with van der Waals surface area (Å²) < 4.78 is 11.9. The van der Waals surface area contributed by atoms with Crippen molar-refractivity contribution >= 4 is 44.7 Å². The Morgan fingerprint density at radius 3 is 2.70 bits per heavy atom. The van der Waals surface area contributed by atoms with Crippen LogP contribution in [0.2, 0.25) is 0 Å². The number of aromatic amines is 1. The third kappa shape index (κ3) is 3.21. The number of fused-ring (bicyclic) bond motifs is 2. The molecular weight excluding hydrogens is 446 g/mol. The molecule has 0 radical (unpaired) electrons. The minimum atomic E-state index is -0.499. The lowest BCUT2D eigenvalue weighted by Crippen LogP contribution is -2.09. The zero-order valence-electron chi connectivity index (χ0n) is 15.5. The standard InChI is InChI=1S/C24H14BrNO4/c25-19-7-3-1-6-17(19)24(28)29-15-9-10-18-21(12-15)30-22(23(18)27)11-14-13-26-20-8-4-2-5-16(14)20/h1-13,26H. The number of ether oxygens (including phenoxy) is 2. The van der Waals surface area contributed by atoms with Crippen molar-refractivity contribution in [2.75, 3.05) is 0 Å². The quantitative estimate of drug-likeness (QED) is 0.240. The van der Waals surface area contributed by atoms with Gasteiger partial charge in [0.1, 0.15) is 11.5 Å². The Kier molecular flexibility index (Phi) is 4.48. The number of benzene rings is 3. The minimum absolute atomic E-state index is 0.209. The number of halogens is 1. The van der Waals surface area contributed by atoms with Crippen molar-refractivity contribution in [1.82, 2.24) is 4.98 Å². The molecule has 4 aromatic rings. The molecule has 3 aromatic carbocycles. The van der Waals surface area contributed by atoms with E-state index in [1.807, 2.05) is 36.5 Å². The lowest BCUT2D eigenvalue weighted by Gasteiger charge is -2.06. The normalized spacial score (nSPS) is 14.0. The second-order valence-corrected chi connectivity index (χ2v) is 7.61. The molecule has 146 valence electrons. The number of hydrogen-bond acceptors (Lipinski definition) is 4. The van der Waals surface area contributed by atoms with Gasteiger partial charge in [0.05, 0.1) is 11.1 Å². The molecule has 0 saturated carbocycles. The van der Waals surface area contributed by atoms with Crippen LogP contribution in [-0.4, -0.2) is 16.7 Å². The van der Waals surface area contributed by atoms with E-state index < -0.39 is 5.97 Å². The molecule has 0 aliphatic carbocycles. The summed E-state index contributed by atoms with van der Waals surface area (Å²) >= 11 is 3.34. The van der Waals surface area contributed by atoms with Crippen LogP contribution in [0.1, 0.15) is 26.3 Å². The Morgan fingerprint density at radius 1 is 1.03 bits per heavy atom. The number of nitrogens with one attached hydrogen (secondary N) is 1. The van der Waals surface area contributed by atoms with Crippen LogP contribution in [0, 0.1) is 0 Å². The molecule has 0 fully saturated rings. The fourth-order valence-electron chi connectivity index (χ4n) is 3.37. The van der Waals surface area contributed by atoms with E-state index in [0.29, 0.717) is 27.1 Å². The van der Waals surface area contributed by atoms with Crippen LogP contribution in [0.3, 0.4) is 0 Å². The predicted molar refractivity (Wildman–Crippen MR) is 117 cm³/mol. The van der Waals surface area contributed by atoms with Crippen molar-refractivity contribution in [3.8, 4) is 11.5 Å². The van der Waals surface area contributed by atoms with Crippen molar-refractivity contribution < 1.29 is 19.1 Å². The van der Waals surface area contributed by atoms with E-state index >= 15 is 0 Å². The van der Waals surface area contributed by atoms with Gasteiger partial charge in [-0.05, 0) is 52.3 Å². The first-order chi connectivity index (χ1) is 14.6. The van der Waals surface area contributed by atoms with Gasteiger partial charge in [-0.25, -0.2) is 4.79 Å². The van der Waals surface area contributed by atoms with Gasteiger partial charge < -0.3 is 14.5 Å². The molecule has 1 N–H and O–H groups in total. The summed E-state index contributed by atoms with van der Waals surface area (Å²) in [6.07, 6.45) is 3.55. The Hall–Kier alpha value is -3.64. The monoisotopic (exact) mass is 459 g/mol. The topological polar surface area (TPSA) is 68.4 Å². The number of ketones is 1. The smallest absolute Gasteiger partial charge is 0.344 e. The highest BCUT2D eigenvalue weighted by Gasteiger charge is 2.28. The molecule has 1 aliphatic heterocycles. The average molecular weight is 460 g/mol. The molecule has 6 heteroatoms. The van der Waals surface area contributed by atoms with E-state index in [1.54, 1.807) is 42.5 Å². The van der Waals surface area contributed by atoms with E-state index in [9.17, 15) is 9.59 Å². The molecule has 30 heavy (non-hydrogen) atoms. The van der Waals surface area contributed by atoms with E-state index in [1.165, 1.54) is 0 Å². The molecule has 1 aromatic heterocycles. The number of rotatable bonds is 3. The number of H-pyrrole nitrogens is 1. The van der Waals surface area contributed by atoms with Gasteiger partial charge in [0.15, 0.2) is 5.76 Å². The van der Waals surface area contributed by atoms with Gasteiger partial charge in [0, 0.05) is 33.2 Å². The van der Waals surface area contributed by atoms with Crippen LogP contribution < -0.4 is 9.47 Å². The minimum Gasteiger partial charge on any atom is -0.452 e. The lowest BCUT2D eigenvalue weighted by molar-refractivity contribution is 0.0733. The van der Waals surface area contributed by atoms with Crippen molar-refractivity contribution in [2.45, 2.75) is 0 Å². The second-order valence-electron chi connectivity index (χ2n) is 6.76. The maximum atomic E-state index is 12.7. The number of aromatic nitrogens is 1. The number of carbonyl (C=O) groups excluding carboxylic acids is 2. The number of esters is 1. The first kappa shape index (κ1) is 18.4. The molecule has 5 rings (SSSR count). The van der Waals surface area contributed by atoms with Crippen LogP contribution >= 0.6 is 15.9 Å². The van der Waals surface area contributed by atoms with E-state index in [4.69, 9.17) is 9.47 Å². The number of Topliss-reactive ketones (excluding diaryl/α,β-unsaturated/α-hetero) is 1. The molecule has 2 heterocycles. The van der Waals surface area contributed by atoms with Crippen LogP contribution in [0.25, 0.3) is 17.0 Å². The van der Waals surface area contributed by atoms with E-state index in [2.05, 4.69) is 20.9 Å². The first-order valence-electron chi connectivity index (χ1n) is 9.21. The largest absolute Gasteiger partial charge is 0.452 e. The third-order valence-electron chi connectivity index (χ3n) is 4.85. The van der Waals surface area contributed by atoms with Crippen molar-refractivity contribution in [3.05, 3.63) is 99.8 Å². The predicted octanol–water partition coefficient (Wildman–Crippen LogP) is 5.77. The zero-order chi connectivity index (χ0) is 20.7. The molecule has 1 aliphatic rings. The van der Waals surface area contributed by atoms with E-state index in [0.717, 1.165) is 16.5 Å². The SMILES string of the molecule is O=C(Oc1ccc2c(c1)OC(=Cc1c[nH]c3ccccc13)C2=O)c1ccccc1Br. The molecule has 5 nitrogen and oxygen atoms in total. The van der Waals surface area contributed by atoms with Gasteiger partial charge in [-0.1, -0.05) is 30.3 Å². The highest BCUT2D eigenvalue weighted by atomic mass is 79.9. The molecule has 0 spiro atoms. The maximum absolute atomic E-state index is 12.7. The summed E-state index contributed by atoms with van der Waals surface area (Å²) in [4.78, 5) is 28.3. The van der Waals surface area contributed by atoms with Crippen molar-refractivity contribution in [1.29, 1.82) is 0 Å². The van der Waals surface area contributed by atoms with Crippen LogP contribution in [0.15, 0.2) is 83.2 Å². The Labute approximate surface area is 180 Å². The highest BCUT2D eigenvalue weighted by molar-refractivity contribution is 9.10.